The van der Waals surface area contributed by atoms with Crippen LogP contribution in [0.5, 0.6) is 11.5 Å². The van der Waals surface area contributed by atoms with Gasteiger partial charge in [0.2, 0.25) is 0 Å². The largest absolute Gasteiger partial charge is 0.497 e. The summed E-state index contributed by atoms with van der Waals surface area (Å²) in [6.07, 6.45) is 4.73. The van der Waals surface area contributed by atoms with Gasteiger partial charge in [-0.25, -0.2) is 0 Å². The number of hydrogen-bond acceptors (Lipinski definition) is 3. The second-order valence-electron chi connectivity index (χ2n) is 4.08. The van der Waals surface area contributed by atoms with E-state index in [0.29, 0.717) is 6.61 Å². The molecule has 0 aliphatic rings. The minimum absolute atomic E-state index is 0.523. The van der Waals surface area contributed by atoms with Crippen LogP contribution in [0.25, 0.3) is 0 Å². The first-order chi connectivity index (χ1) is 8.81. The Morgan fingerprint density at radius 1 is 1.28 bits per heavy atom. The molecule has 18 heavy (non-hydrogen) atoms. The maximum Gasteiger partial charge on any atom is 0.157 e. The molecule has 0 aliphatic heterocycles. The van der Waals surface area contributed by atoms with Gasteiger partial charge < -0.3 is 9.47 Å². The summed E-state index contributed by atoms with van der Waals surface area (Å²) < 4.78 is 12.7. The first-order valence-electron chi connectivity index (χ1n) is 6.10. The molecule has 0 saturated heterocycles. The average molecular weight is 246 g/mol. The predicted molar refractivity (Wildman–Crippen MR) is 69.8 cm³/mol. The highest BCUT2D eigenvalue weighted by molar-refractivity contribution is 5.28. The van der Waals surface area contributed by atoms with Crippen molar-refractivity contribution in [3.8, 4) is 11.5 Å². The Morgan fingerprint density at radius 3 is 2.94 bits per heavy atom. The summed E-state index contributed by atoms with van der Waals surface area (Å²) in [6, 6.07) is 7.86. The van der Waals surface area contributed by atoms with Gasteiger partial charge in [0.25, 0.3) is 0 Å². The van der Waals surface area contributed by atoms with E-state index in [1.165, 1.54) is 0 Å². The molecule has 2 aromatic rings. The van der Waals surface area contributed by atoms with E-state index < -0.39 is 0 Å². The number of nitrogens with zero attached hydrogens (tertiary/aromatic N) is 2. The first kappa shape index (κ1) is 12.5. The van der Waals surface area contributed by atoms with E-state index in [9.17, 15) is 0 Å². The Kier molecular flexibility index (Phi) is 4.23. The van der Waals surface area contributed by atoms with Crippen LogP contribution in [0.15, 0.2) is 36.7 Å². The third-order valence-corrected chi connectivity index (χ3v) is 2.60. The van der Waals surface area contributed by atoms with Gasteiger partial charge in [0.15, 0.2) is 5.75 Å². The van der Waals surface area contributed by atoms with Crippen LogP contribution < -0.4 is 9.47 Å². The highest BCUT2D eigenvalue weighted by Crippen LogP contribution is 2.15. The Morgan fingerprint density at radius 2 is 2.17 bits per heavy atom. The van der Waals surface area contributed by atoms with Gasteiger partial charge in [-0.15, -0.1) is 0 Å². The summed E-state index contributed by atoms with van der Waals surface area (Å²) >= 11 is 0. The van der Waals surface area contributed by atoms with Crippen molar-refractivity contribution in [2.75, 3.05) is 7.11 Å². The molecule has 0 unspecified atom stereocenters. The fourth-order valence-electron chi connectivity index (χ4n) is 1.70. The van der Waals surface area contributed by atoms with Gasteiger partial charge in [-0.1, -0.05) is 19.1 Å². The van der Waals surface area contributed by atoms with Gasteiger partial charge in [0, 0.05) is 6.54 Å². The van der Waals surface area contributed by atoms with E-state index in [1.807, 2.05) is 35.1 Å². The van der Waals surface area contributed by atoms with Gasteiger partial charge in [0.1, 0.15) is 12.4 Å². The van der Waals surface area contributed by atoms with Crippen molar-refractivity contribution in [1.29, 1.82) is 0 Å². The molecule has 0 bridgehead atoms. The Balaban J connectivity index is 1.93. The molecule has 0 fully saturated rings. The van der Waals surface area contributed by atoms with Gasteiger partial charge in [-0.05, 0) is 24.1 Å². The zero-order chi connectivity index (χ0) is 12.8. The van der Waals surface area contributed by atoms with Crippen molar-refractivity contribution in [3.63, 3.8) is 0 Å². The van der Waals surface area contributed by atoms with Crippen LogP contribution in [0.2, 0.25) is 0 Å². The molecule has 1 aromatic carbocycles. The topological polar surface area (TPSA) is 36.3 Å². The minimum Gasteiger partial charge on any atom is -0.497 e. The number of methoxy groups -OCH3 is 1. The smallest absolute Gasteiger partial charge is 0.157 e. The summed E-state index contributed by atoms with van der Waals surface area (Å²) in [6.45, 7) is 3.57. The monoisotopic (exact) mass is 246 g/mol. The molecule has 4 heteroatoms. The third-order valence-electron chi connectivity index (χ3n) is 2.60. The zero-order valence-electron chi connectivity index (χ0n) is 10.8. The highest BCUT2D eigenvalue weighted by Gasteiger charge is 2.00. The Hall–Kier alpha value is -1.97. The van der Waals surface area contributed by atoms with E-state index in [4.69, 9.17) is 9.47 Å². The lowest BCUT2D eigenvalue weighted by molar-refractivity contribution is 0.304. The summed E-state index contributed by atoms with van der Waals surface area (Å²) in [5, 5.41) is 4.22. The highest BCUT2D eigenvalue weighted by atomic mass is 16.5. The lowest BCUT2D eigenvalue weighted by Gasteiger charge is -2.05. The fourth-order valence-corrected chi connectivity index (χ4v) is 1.70. The van der Waals surface area contributed by atoms with E-state index in [1.54, 1.807) is 13.3 Å². The number of ether oxygens (including phenoxy) is 2. The number of aromatic nitrogens is 2. The van der Waals surface area contributed by atoms with Crippen molar-refractivity contribution < 1.29 is 9.47 Å². The van der Waals surface area contributed by atoms with Crippen molar-refractivity contribution >= 4 is 0 Å². The third kappa shape index (κ3) is 3.26. The second kappa shape index (κ2) is 6.10. The lowest BCUT2D eigenvalue weighted by Crippen LogP contribution is -1.97. The maximum atomic E-state index is 5.68. The van der Waals surface area contributed by atoms with E-state index in [-0.39, 0.29) is 0 Å². The van der Waals surface area contributed by atoms with Crippen LogP contribution in [0.1, 0.15) is 18.9 Å². The van der Waals surface area contributed by atoms with Crippen molar-refractivity contribution in [2.24, 2.45) is 0 Å². The molecular weight excluding hydrogens is 228 g/mol. The summed E-state index contributed by atoms with van der Waals surface area (Å²) in [5.41, 5.74) is 1.08. The van der Waals surface area contributed by atoms with Crippen LogP contribution in [-0.4, -0.2) is 16.9 Å². The molecule has 0 aliphatic carbocycles. The average Bonchev–Trinajstić information content (AvgIpc) is 2.85. The maximum absolute atomic E-state index is 5.68. The molecule has 1 aromatic heterocycles. The number of aryl methyl sites for hydroxylation is 1. The fraction of sp³-hybridized carbons (Fsp3) is 0.357. The summed E-state index contributed by atoms with van der Waals surface area (Å²) in [4.78, 5) is 0. The molecule has 2 rings (SSSR count). The van der Waals surface area contributed by atoms with Crippen molar-refractivity contribution in [2.45, 2.75) is 26.5 Å². The number of benzene rings is 1. The molecule has 0 N–H and O–H groups in total. The minimum atomic E-state index is 0.523. The van der Waals surface area contributed by atoms with Crippen molar-refractivity contribution in [3.05, 3.63) is 42.2 Å². The molecule has 0 spiro atoms. The van der Waals surface area contributed by atoms with Gasteiger partial charge in [-0.2, -0.15) is 5.10 Å². The quantitative estimate of drug-likeness (QED) is 0.786. The van der Waals surface area contributed by atoms with Gasteiger partial charge in [-0.3, -0.25) is 4.68 Å². The van der Waals surface area contributed by atoms with Crippen LogP contribution in [0.3, 0.4) is 0 Å². The number of rotatable bonds is 6. The molecule has 0 amide bonds. The molecule has 0 saturated carbocycles. The SMILES string of the molecule is CCCn1cc(OCc2cccc(OC)c2)cn1. The summed E-state index contributed by atoms with van der Waals surface area (Å²) in [5.74, 6) is 1.64. The van der Waals surface area contributed by atoms with Crippen LogP contribution in [0, 0.1) is 0 Å². The zero-order valence-corrected chi connectivity index (χ0v) is 10.8. The molecule has 1 heterocycles. The van der Waals surface area contributed by atoms with Crippen LogP contribution in [-0.2, 0) is 13.2 Å². The first-order valence-corrected chi connectivity index (χ1v) is 6.10. The van der Waals surface area contributed by atoms with Crippen LogP contribution >= 0.6 is 0 Å². The van der Waals surface area contributed by atoms with Gasteiger partial charge in [0.05, 0.1) is 19.5 Å². The lowest BCUT2D eigenvalue weighted by atomic mass is 10.2. The van der Waals surface area contributed by atoms with Crippen molar-refractivity contribution in [1.82, 2.24) is 9.78 Å². The molecule has 4 nitrogen and oxygen atoms in total. The Labute approximate surface area is 107 Å². The number of hydrogen-bond donors (Lipinski definition) is 0. The standard InChI is InChI=1S/C14H18N2O2/c1-3-7-16-10-14(9-15-16)18-11-12-5-4-6-13(8-12)17-2/h4-6,8-10H,3,7,11H2,1-2H3. The molecule has 0 atom stereocenters. The van der Waals surface area contributed by atoms with Gasteiger partial charge >= 0.3 is 0 Å². The van der Waals surface area contributed by atoms with Crippen LogP contribution in [0.4, 0.5) is 0 Å². The second-order valence-corrected chi connectivity index (χ2v) is 4.08. The summed E-state index contributed by atoms with van der Waals surface area (Å²) in [7, 11) is 1.66. The molecule has 96 valence electrons. The van der Waals surface area contributed by atoms with E-state index in [2.05, 4.69) is 12.0 Å². The Bertz CT molecular complexity index is 494. The molecular formula is C14H18N2O2. The van der Waals surface area contributed by atoms with E-state index >= 15 is 0 Å². The predicted octanol–water partition coefficient (Wildman–Crippen LogP) is 2.88. The molecule has 0 radical (unpaired) electrons. The normalized spacial score (nSPS) is 10.3. The van der Waals surface area contributed by atoms with E-state index in [0.717, 1.165) is 30.0 Å².